The van der Waals surface area contributed by atoms with Crippen molar-refractivity contribution in [3.8, 4) is 11.6 Å². The third-order valence-electron chi connectivity index (χ3n) is 3.87. The van der Waals surface area contributed by atoms with Crippen LogP contribution in [0.4, 0.5) is 5.95 Å². The number of pyridine rings is 1. The molecule has 1 fully saturated rings. The van der Waals surface area contributed by atoms with Gasteiger partial charge in [0.05, 0.1) is 7.11 Å². The maximum Gasteiger partial charge on any atom is 0.276 e. The van der Waals surface area contributed by atoms with Gasteiger partial charge < -0.3 is 19.6 Å². The number of hydrogen-bond donors (Lipinski definition) is 1. The van der Waals surface area contributed by atoms with Crippen molar-refractivity contribution in [1.29, 1.82) is 0 Å². The Bertz CT molecular complexity index is 744. The average molecular weight is 329 g/mol. The van der Waals surface area contributed by atoms with E-state index in [4.69, 9.17) is 4.74 Å². The Labute approximate surface area is 139 Å². The molecule has 0 aliphatic carbocycles. The summed E-state index contributed by atoms with van der Waals surface area (Å²) in [4.78, 5) is 28.9. The Kier molecular flexibility index (Phi) is 4.45. The number of aryl methyl sites for hydroxylation is 1. The Morgan fingerprint density at radius 2 is 2.00 bits per heavy atom. The number of nitrogens with zero attached hydrogens (tertiary/aromatic N) is 5. The average Bonchev–Trinajstić information content (AvgIpc) is 2.61. The third-order valence-corrected chi connectivity index (χ3v) is 3.87. The molecule has 2 aromatic rings. The molecule has 1 aliphatic heterocycles. The molecule has 1 amide bonds. The van der Waals surface area contributed by atoms with E-state index in [0.717, 1.165) is 5.69 Å². The predicted octanol–water partition coefficient (Wildman–Crippen LogP) is 0.857. The van der Waals surface area contributed by atoms with Gasteiger partial charge in [0, 0.05) is 44.1 Å². The summed E-state index contributed by atoms with van der Waals surface area (Å²) in [5.74, 6) is 0.751. The molecule has 0 atom stereocenters. The zero-order valence-electron chi connectivity index (χ0n) is 13.6. The Hall–Kier alpha value is -2.90. The van der Waals surface area contributed by atoms with Gasteiger partial charge in [-0.05, 0) is 19.1 Å². The number of rotatable bonds is 3. The number of ether oxygens (including phenoxy) is 1. The molecule has 1 N–H and O–H groups in total. The van der Waals surface area contributed by atoms with Crippen LogP contribution in [0.2, 0.25) is 0 Å². The van der Waals surface area contributed by atoms with Crippen molar-refractivity contribution in [3.05, 3.63) is 35.8 Å². The summed E-state index contributed by atoms with van der Waals surface area (Å²) < 4.78 is 5.18. The van der Waals surface area contributed by atoms with Gasteiger partial charge in [-0.1, -0.05) is 0 Å². The van der Waals surface area contributed by atoms with E-state index in [9.17, 15) is 9.90 Å². The van der Waals surface area contributed by atoms with Crippen LogP contribution in [0.1, 0.15) is 16.2 Å². The second-order valence-corrected chi connectivity index (χ2v) is 5.50. The van der Waals surface area contributed by atoms with E-state index in [1.807, 2.05) is 11.8 Å². The number of carbonyl (C=O) groups excluding carboxylic acids is 1. The summed E-state index contributed by atoms with van der Waals surface area (Å²) in [5.41, 5.74) is 0.910. The quantitative estimate of drug-likeness (QED) is 0.893. The summed E-state index contributed by atoms with van der Waals surface area (Å²) in [5, 5.41) is 9.78. The number of carbonyl (C=O) groups is 1. The van der Waals surface area contributed by atoms with Crippen molar-refractivity contribution >= 4 is 11.9 Å². The van der Waals surface area contributed by atoms with E-state index in [2.05, 4.69) is 15.0 Å². The minimum atomic E-state index is -0.268. The lowest BCUT2D eigenvalue weighted by Gasteiger charge is -2.34. The van der Waals surface area contributed by atoms with E-state index in [1.54, 1.807) is 24.1 Å². The van der Waals surface area contributed by atoms with Gasteiger partial charge in [-0.3, -0.25) is 4.79 Å². The highest BCUT2D eigenvalue weighted by atomic mass is 16.5. The maximum absolute atomic E-state index is 12.5. The lowest BCUT2D eigenvalue weighted by Crippen LogP contribution is -2.49. The lowest BCUT2D eigenvalue weighted by molar-refractivity contribution is 0.0737. The number of amides is 1. The van der Waals surface area contributed by atoms with Crippen LogP contribution >= 0.6 is 0 Å². The van der Waals surface area contributed by atoms with E-state index >= 15 is 0 Å². The molecule has 0 radical (unpaired) electrons. The number of methoxy groups -OCH3 is 1. The Morgan fingerprint density at radius 1 is 1.25 bits per heavy atom. The second-order valence-electron chi connectivity index (χ2n) is 5.50. The largest absolute Gasteiger partial charge is 0.505 e. The van der Waals surface area contributed by atoms with Gasteiger partial charge in [-0.15, -0.1) is 0 Å². The van der Waals surface area contributed by atoms with Gasteiger partial charge in [0.25, 0.3) is 5.91 Å². The molecule has 126 valence electrons. The summed E-state index contributed by atoms with van der Waals surface area (Å²) in [6.07, 6.45) is 1.50. The van der Waals surface area contributed by atoms with E-state index in [1.165, 1.54) is 12.3 Å². The minimum absolute atomic E-state index is 0.0828. The topological polar surface area (TPSA) is 91.7 Å². The molecule has 24 heavy (non-hydrogen) atoms. The highest BCUT2D eigenvalue weighted by molar-refractivity contribution is 5.94. The third kappa shape index (κ3) is 3.22. The van der Waals surface area contributed by atoms with Crippen LogP contribution in [-0.4, -0.2) is 64.2 Å². The van der Waals surface area contributed by atoms with Gasteiger partial charge in [-0.25, -0.2) is 9.97 Å². The van der Waals surface area contributed by atoms with Crippen LogP contribution in [0, 0.1) is 6.92 Å². The summed E-state index contributed by atoms with van der Waals surface area (Å²) in [7, 11) is 1.57. The molecule has 2 aromatic heterocycles. The molecule has 1 saturated heterocycles. The first-order valence-electron chi connectivity index (χ1n) is 7.66. The van der Waals surface area contributed by atoms with Crippen molar-refractivity contribution in [2.45, 2.75) is 6.92 Å². The van der Waals surface area contributed by atoms with Crippen LogP contribution < -0.4 is 9.64 Å². The molecule has 3 rings (SSSR count). The van der Waals surface area contributed by atoms with Crippen molar-refractivity contribution in [2.24, 2.45) is 0 Å². The number of aromatic hydroxyl groups is 1. The zero-order chi connectivity index (χ0) is 17.1. The number of aromatic nitrogens is 3. The van der Waals surface area contributed by atoms with Crippen molar-refractivity contribution < 1.29 is 14.6 Å². The fourth-order valence-electron chi connectivity index (χ4n) is 2.59. The molecular weight excluding hydrogens is 310 g/mol. The maximum atomic E-state index is 12.5. The van der Waals surface area contributed by atoms with Crippen molar-refractivity contribution in [2.75, 3.05) is 38.2 Å². The number of piperazine rings is 1. The molecule has 8 nitrogen and oxygen atoms in total. The monoisotopic (exact) mass is 329 g/mol. The van der Waals surface area contributed by atoms with Gasteiger partial charge in [0.1, 0.15) is 5.75 Å². The van der Waals surface area contributed by atoms with Crippen LogP contribution in [0.5, 0.6) is 11.6 Å². The fourth-order valence-corrected chi connectivity index (χ4v) is 2.59. The first-order chi connectivity index (χ1) is 11.6. The van der Waals surface area contributed by atoms with Gasteiger partial charge in [-0.2, -0.15) is 4.98 Å². The molecule has 0 aromatic carbocycles. The molecule has 0 bridgehead atoms. The van der Waals surface area contributed by atoms with Crippen LogP contribution in [0.3, 0.4) is 0 Å². The van der Waals surface area contributed by atoms with Gasteiger partial charge >= 0.3 is 0 Å². The molecule has 0 unspecified atom stereocenters. The Morgan fingerprint density at radius 3 is 2.67 bits per heavy atom. The van der Waals surface area contributed by atoms with E-state index in [0.29, 0.717) is 38.0 Å². The lowest BCUT2D eigenvalue weighted by atomic mass is 10.2. The summed E-state index contributed by atoms with van der Waals surface area (Å²) in [6, 6.07) is 4.82. The summed E-state index contributed by atoms with van der Waals surface area (Å²) in [6.45, 7) is 4.11. The van der Waals surface area contributed by atoms with Crippen LogP contribution in [0.15, 0.2) is 24.4 Å². The van der Waals surface area contributed by atoms with Gasteiger partial charge in [0.15, 0.2) is 5.69 Å². The first kappa shape index (κ1) is 16.0. The SMILES string of the molecule is COc1cc(C)nc(N2CCN(C(=O)c3ncccc3O)CC2)n1. The Balaban J connectivity index is 1.69. The molecule has 3 heterocycles. The summed E-state index contributed by atoms with van der Waals surface area (Å²) >= 11 is 0. The highest BCUT2D eigenvalue weighted by Crippen LogP contribution is 2.19. The van der Waals surface area contributed by atoms with Gasteiger partial charge in [0.2, 0.25) is 11.8 Å². The number of anilines is 1. The fraction of sp³-hybridized carbons (Fsp3) is 0.375. The molecule has 0 spiro atoms. The second kappa shape index (κ2) is 6.69. The van der Waals surface area contributed by atoms with Crippen molar-refractivity contribution in [1.82, 2.24) is 19.9 Å². The zero-order valence-corrected chi connectivity index (χ0v) is 13.6. The predicted molar refractivity (Wildman–Crippen MR) is 87.3 cm³/mol. The normalized spacial score (nSPS) is 14.6. The minimum Gasteiger partial charge on any atom is -0.505 e. The van der Waals surface area contributed by atoms with Crippen LogP contribution in [0.25, 0.3) is 0 Å². The standard InChI is InChI=1S/C16H19N5O3/c1-11-10-13(24-2)19-16(18-11)21-8-6-20(7-9-21)15(23)14-12(22)4-3-5-17-14/h3-5,10,22H,6-9H2,1-2H3. The molecular formula is C16H19N5O3. The van der Waals surface area contributed by atoms with Crippen LogP contribution in [-0.2, 0) is 0 Å². The van der Waals surface area contributed by atoms with E-state index in [-0.39, 0.29) is 17.4 Å². The van der Waals surface area contributed by atoms with Crippen molar-refractivity contribution in [3.63, 3.8) is 0 Å². The number of hydrogen-bond acceptors (Lipinski definition) is 7. The van der Waals surface area contributed by atoms with E-state index < -0.39 is 0 Å². The smallest absolute Gasteiger partial charge is 0.276 e. The first-order valence-corrected chi connectivity index (χ1v) is 7.66. The molecule has 1 aliphatic rings. The highest BCUT2D eigenvalue weighted by Gasteiger charge is 2.26. The molecule has 8 heteroatoms. The molecule has 0 saturated carbocycles.